The van der Waals surface area contributed by atoms with E-state index in [1.54, 1.807) is 4.72 Å². The number of nitrogens with zero attached hydrogens (tertiary/aromatic N) is 1. The van der Waals surface area contributed by atoms with Crippen LogP contribution >= 0.6 is 0 Å². The summed E-state index contributed by atoms with van der Waals surface area (Å²) >= 11 is 0. The van der Waals surface area contributed by atoms with Gasteiger partial charge in [-0.15, -0.1) is 0 Å². The highest BCUT2D eigenvalue weighted by Crippen LogP contribution is 1.98. The molecule has 9 heteroatoms. The molecule has 0 aromatic rings. The first kappa shape index (κ1) is 13.8. The highest BCUT2D eigenvalue weighted by molar-refractivity contribution is 7.87. The van der Waals surface area contributed by atoms with Crippen molar-refractivity contribution >= 4 is 22.1 Å². The molecule has 0 bridgehead atoms. The van der Waals surface area contributed by atoms with Gasteiger partial charge in [0, 0.05) is 14.1 Å². The van der Waals surface area contributed by atoms with Crippen LogP contribution in [-0.4, -0.2) is 55.0 Å². The summed E-state index contributed by atoms with van der Waals surface area (Å²) < 4.78 is 24.9. The maximum atomic E-state index is 11.2. The molecule has 8 nitrogen and oxygen atoms in total. The Hall–Kier alpha value is -1.19. The van der Waals surface area contributed by atoms with Crippen molar-refractivity contribution in [2.45, 2.75) is 12.5 Å². The van der Waals surface area contributed by atoms with Crippen LogP contribution in [-0.2, 0) is 19.8 Å². The van der Waals surface area contributed by atoms with Gasteiger partial charge in [0.2, 0.25) is 0 Å². The van der Waals surface area contributed by atoms with Crippen LogP contribution in [0.1, 0.15) is 6.42 Å². The molecule has 0 aliphatic rings. The molecule has 0 rings (SSSR count). The van der Waals surface area contributed by atoms with Crippen molar-refractivity contribution in [1.82, 2.24) is 9.03 Å². The molecule has 0 spiro atoms. The first-order chi connectivity index (χ1) is 6.66. The molecule has 0 heterocycles. The Kier molecular flexibility index (Phi) is 4.65. The number of carboxylic acids is 2. The topological polar surface area (TPSA) is 124 Å². The Bertz CT molecular complexity index is 349. The van der Waals surface area contributed by atoms with Crippen LogP contribution in [0, 0.1) is 0 Å². The summed E-state index contributed by atoms with van der Waals surface area (Å²) in [4.78, 5) is 20.8. The van der Waals surface area contributed by atoms with Gasteiger partial charge in [-0.05, 0) is 0 Å². The van der Waals surface area contributed by atoms with Crippen LogP contribution in [0.2, 0.25) is 0 Å². The molecule has 0 amide bonds. The number of carboxylic acid groups (broad SMARTS) is 2. The van der Waals surface area contributed by atoms with Gasteiger partial charge in [-0.2, -0.15) is 17.4 Å². The molecule has 88 valence electrons. The highest BCUT2D eigenvalue weighted by atomic mass is 32.2. The summed E-state index contributed by atoms with van der Waals surface area (Å²) in [6.45, 7) is 0. The van der Waals surface area contributed by atoms with Crippen LogP contribution < -0.4 is 4.72 Å². The van der Waals surface area contributed by atoms with Crippen molar-refractivity contribution in [3.05, 3.63) is 0 Å². The molecular weight excluding hydrogens is 228 g/mol. The second-order valence-corrected chi connectivity index (χ2v) is 4.81. The third kappa shape index (κ3) is 4.72. The normalized spacial score (nSPS) is 13.8. The molecule has 0 aliphatic carbocycles. The first-order valence-corrected chi connectivity index (χ1v) is 5.25. The van der Waals surface area contributed by atoms with Crippen LogP contribution in [0.25, 0.3) is 0 Å². The molecular formula is C6H12N2O6S. The van der Waals surface area contributed by atoms with E-state index in [0.717, 1.165) is 4.31 Å². The lowest BCUT2D eigenvalue weighted by Crippen LogP contribution is -2.46. The van der Waals surface area contributed by atoms with Crippen LogP contribution in [0.5, 0.6) is 0 Å². The molecule has 0 aliphatic heterocycles. The third-order valence-corrected chi connectivity index (χ3v) is 2.99. The second-order valence-electron chi connectivity index (χ2n) is 2.89. The summed E-state index contributed by atoms with van der Waals surface area (Å²) in [5, 5.41) is 16.9. The number of hydrogen-bond acceptors (Lipinski definition) is 4. The number of nitrogens with one attached hydrogen (secondary N) is 1. The summed E-state index contributed by atoms with van der Waals surface area (Å²) in [6.07, 6.45) is -0.817. The minimum Gasteiger partial charge on any atom is -0.481 e. The van der Waals surface area contributed by atoms with Gasteiger partial charge in [0.25, 0.3) is 10.2 Å². The van der Waals surface area contributed by atoms with Crippen molar-refractivity contribution in [1.29, 1.82) is 0 Å². The van der Waals surface area contributed by atoms with Gasteiger partial charge in [-0.3, -0.25) is 9.59 Å². The van der Waals surface area contributed by atoms with E-state index in [0.29, 0.717) is 0 Å². The van der Waals surface area contributed by atoms with Crippen molar-refractivity contribution in [3.63, 3.8) is 0 Å². The Morgan fingerprint density at radius 3 is 2.07 bits per heavy atom. The fraction of sp³-hybridized carbons (Fsp3) is 0.667. The van der Waals surface area contributed by atoms with Crippen molar-refractivity contribution in [2.24, 2.45) is 0 Å². The van der Waals surface area contributed by atoms with Crippen molar-refractivity contribution in [2.75, 3.05) is 14.1 Å². The van der Waals surface area contributed by atoms with E-state index < -0.39 is 34.6 Å². The van der Waals surface area contributed by atoms with E-state index in [-0.39, 0.29) is 0 Å². The van der Waals surface area contributed by atoms with Gasteiger partial charge in [0.05, 0.1) is 6.42 Å². The number of hydrogen-bond donors (Lipinski definition) is 3. The number of rotatable bonds is 6. The van der Waals surface area contributed by atoms with Gasteiger partial charge in [-0.25, -0.2) is 0 Å². The zero-order chi connectivity index (χ0) is 12.2. The predicted molar refractivity (Wildman–Crippen MR) is 49.4 cm³/mol. The minimum atomic E-state index is -3.95. The summed E-state index contributed by atoms with van der Waals surface area (Å²) in [5.74, 6) is -2.94. The number of carbonyl (C=O) groups is 2. The van der Waals surface area contributed by atoms with E-state index in [4.69, 9.17) is 10.2 Å². The van der Waals surface area contributed by atoms with Gasteiger partial charge < -0.3 is 10.2 Å². The lowest BCUT2D eigenvalue weighted by atomic mass is 10.2. The molecule has 0 fully saturated rings. The molecule has 1 atom stereocenters. The van der Waals surface area contributed by atoms with Gasteiger partial charge >= 0.3 is 11.9 Å². The lowest BCUT2D eigenvalue weighted by molar-refractivity contribution is -0.145. The van der Waals surface area contributed by atoms with Gasteiger partial charge in [0.15, 0.2) is 0 Å². The average Bonchev–Trinajstić information content (AvgIpc) is 2.01. The van der Waals surface area contributed by atoms with E-state index in [1.807, 2.05) is 0 Å². The summed E-state index contributed by atoms with van der Waals surface area (Å²) in [5.41, 5.74) is 0. The van der Waals surface area contributed by atoms with E-state index in [2.05, 4.69) is 0 Å². The molecule has 0 aromatic heterocycles. The summed E-state index contributed by atoms with van der Waals surface area (Å²) in [7, 11) is -1.56. The monoisotopic (exact) mass is 240 g/mol. The van der Waals surface area contributed by atoms with Crippen molar-refractivity contribution < 1.29 is 28.2 Å². The van der Waals surface area contributed by atoms with Gasteiger partial charge in [-0.1, -0.05) is 0 Å². The van der Waals surface area contributed by atoms with Crippen LogP contribution in [0.4, 0.5) is 0 Å². The zero-order valence-electron chi connectivity index (χ0n) is 8.17. The maximum Gasteiger partial charge on any atom is 0.322 e. The molecule has 15 heavy (non-hydrogen) atoms. The van der Waals surface area contributed by atoms with Crippen LogP contribution in [0.3, 0.4) is 0 Å². The quantitative estimate of drug-likeness (QED) is 0.509. The SMILES string of the molecule is CN(C)S(=O)(=O)N[C@@H](CC(=O)O)C(=O)O. The molecule has 0 saturated heterocycles. The Labute approximate surface area is 86.7 Å². The fourth-order valence-electron chi connectivity index (χ4n) is 0.639. The average molecular weight is 240 g/mol. The first-order valence-electron chi connectivity index (χ1n) is 3.81. The maximum absolute atomic E-state index is 11.2. The zero-order valence-corrected chi connectivity index (χ0v) is 8.98. The van der Waals surface area contributed by atoms with Gasteiger partial charge in [0.1, 0.15) is 6.04 Å². The smallest absolute Gasteiger partial charge is 0.322 e. The molecule has 0 unspecified atom stereocenters. The Morgan fingerprint density at radius 1 is 1.33 bits per heavy atom. The van der Waals surface area contributed by atoms with E-state index in [9.17, 15) is 18.0 Å². The van der Waals surface area contributed by atoms with Crippen molar-refractivity contribution in [3.8, 4) is 0 Å². The third-order valence-electron chi connectivity index (χ3n) is 1.45. The summed E-state index contributed by atoms with van der Waals surface area (Å²) in [6, 6.07) is -1.67. The highest BCUT2D eigenvalue weighted by Gasteiger charge is 2.27. The lowest BCUT2D eigenvalue weighted by Gasteiger charge is -2.16. The Balaban J connectivity index is 4.70. The Morgan fingerprint density at radius 2 is 1.80 bits per heavy atom. The predicted octanol–water partition coefficient (Wildman–Crippen LogP) is -1.69. The fourth-order valence-corrected chi connectivity index (χ4v) is 1.39. The minimum absolute atomic E-state index is 0.755. The molecule has 0 radical (unpaired) electrons. The van der Waals surface area contributed by atoms with Crippen LogP contribution in [0.15, 0.2) is 0 Å². The van der Waals surface area contributed by atoms with E-state index in [1.165, 1.54) is 14.1 Å². The molecule has 3 N–H and O–H groups in total. The second kappa shape index (κ2) is 5.05. The number of aliphatic carboxylic acids is 2. The standard InChI is InChI=1S/C6H12N2O6S/c1-8(2)15(13,14)7-4(6(11)12)3-5(9)10/h4,7H,3H2,1-2H3,(H,9,10)(H,11,12)/t4-/m0/s1. The van der Waals surface area contributed by atoms with E-state index >= 15 is 0 Å². The largest absolute Gasteiger partial charge is 0.481 e. The molecule has 0 saturated carbocycles. The molecule has 0 aromatic carbocycles.